The number of rotatable bonds is 6. The average Bonchev–Trinajstić information content (AvgIpc) is 2.57. The lowest BCUT2D eigenvalue weighted by Gasteiger charge is -2.19. The number of carbonyl (C=O) groups is 1. The Bertz CT molecular complexity index is 609. The summed E-state index contributed by atoms with van der Waals surface area (Å²) in [6, 6.07) is 14.1. The molecule has 0 aliphatic heterocycles. The van der Waals surface area contributed by atoms with Crippen molar-refractivity contribution in [1.82, 2.24) is 9.88 Å². The minimum absolute atomic E-state index is 0.0268. The van der Waals surface area contributed by atoms with Gasteiger partial charge < -0.3 is 10.2 Å². The molecule has 1 heterocycles. The van der Waals surface area contributed by atoms with Crippen molar-refractivity contribution in [3.63, 3.8) is 0 Å². The maximum atomic E-state index is 12.4. The zero-order valence-corrected chi connectivity index (χ0v) is 13.4. The Hall–Kier alpha value is -2.36. The van der Waals surface area contributed by atoms with Crippen LogP contribution in [0.2, 0.25) is 0 Å². The summed E-state index contributed by atoms with van der Waals surface area (Å²) in [5, 5.41) is 3.42. The number of nitrogens with zero attached hydrogens (tertiary/aromatic N) is 2. The van der Waals surface area contributed by atoms with E-state index in [1.807, 2.05) is 44.2 Å². The van der Waals surface area contributed by atoms with E-state index in [9.17, 15) is 4.79 Å². The quantitative estimate of drug-likeness (QED) is 0.883. The van der Waals surface area contributed by atoms with Crippen LogP contribution >= 0.6 is 0 Å². The smallest absolute Gasteiger partial charge is 0.272 e. The fourth-order valence-corrected chi connectivity index (χ4v) is 2.39. The molecule has 1 aromatic carbocycles. The Kier molecular flexibility index (Phi) is 5.53. The molecule has 1 atom stereocenters. The van der Waals surface area contributed by atoms with E-state index in [0.717, 1.165) is 5.69 Å². The number of anilines is 1. The fraction of sp³-hybridized carbons (Fsp3) is 0.333. The molecule has 0 spiro atoms. The molecule has 1 unspecified atom stereocenters. The van der Waals surface area contributed by atoms with Gasteiger partial charge >= 0.3 is 0 Å². The first-order valence-electron chi connectivity index (χ1n) is 7.72. The number of pyridine rings is 1. The van der Waals surface area contributed by atoms with Crippen molar-refractivity contribution >= 4 is 11.6 Å². The molecule has 4 nitrogen and oxygen atoms in total. The van der Waals surface area contributed by atoms with Crippen molar-refractivity contribution < 1.29 is 4.79 Å². The number of nitrogens with one attached hydrogen (secondary N) is 1. The molecule has 2 aromatic rings. The molecule has 1 aromatic heterocycles. The molecular weight excluding hydrogens is 274 g/mol. The molecule has 4 heteroatoms. The van der Waals surface area contributed by atoms with Crippen LogP contribution in [0.25, 0.3) is 0 Å². The molecule has 0 bridgehead atoms. The van der Waals surface area contributed by atoms with Gasteiger partial charge in [-0.15, -0.1) is 0 Å². The van der Waals surface area contributed by atoms with Crippen LogP contribution in [0, 0.1) is 0 Å². The van der Waals surface area contributed by atoms with Gasteiger partial charge in [-0.3, -0.25) is 9.78 Å². The SMILES string of the molecule is CCN(CC)C(=O)c1cc(NC(C)c2ccccc2)ccn1. The summed E-state index contributed by atoms with van der Waals surface area (Å²) in [5.74, 6) is -0.0268. The number of amides is 1. The van der Waals surface area contributed by atoms with Crippen molar-refractivity contribution in [2.75, 3.05) is 18.4 Å². The van der Waals surface area contributed by atoms with Crippen LogP contribution in [-0.4, -0.2) is 28.9 Å². The third-order valence-corrected chi connectivity index (χ3v) is 3.71. The molecule has 0 aliphatic rings. The average molecular weight is 297 g/mol. The second-order valence-corrected chi connectivity index (χ2v) is 5.18. The number of carbonyl (C=O) groups excluding carboxylic acids is 1. The highest BCUT2D eigenvalue weighted by atomic mass is 16.2. The third kappa shape index (κ3) is 3.85. The Labute approximate surface area is 132 Å². The van der Waals surface area contributed by atoms with Crippen LogP contribution < -0.4 is 5.32 Å². The van der Waals surface area contributed by atoms with Crippen molar-refractivity contribution in [2.24, 2.45) is 0 Å². The fourth-order valence-electron chi connectivity index (χ4n) is 2.39. The van der Waals surface area contributed by atoms with Crippen LogP contribution in [0.1, 0.15) is 42.9 Å². The summed E-state index contributed by atoms with van der Waals surface area (Å²) in [6.45, 7) is 7.42. The molecule has 0 fully saturated rings. The highest BCUT2D eigenvalue weighted by Gasteiger charge is 2.14. The van der Waals surface area contributed by atoms with Crippen LogP contribution in [0.15, 0.2) is 48.7 Å². The van der Waals surface area contributed by atoms with E-state index in [1.54, 1.807) is 11.1 Å². The van der Waals surface area contributed by atoms with Crippen molar-refractivity contribution in [3.8, 4) is 0 Å². The predicted octanol–water partition coefficient (Wildman–Crippen LogP) is 3.74. The van der Waals surface area contributed by atoms with E-state index in [2.05, 4.69) is 29.4 Å². The normalized spacial score (nSPS) is 11.8. The molecule has 116 valence electrons. The lowest BCUT2D eigenvalue weighted by Crippen LogP contribution is -2.31. The number of aromatic nitrogens is 1. The highest BCUT2D eigenvalue weighted by molar-refractivity contribution is 5.93. The Morgan fingerprint density at radius 2 is 1.86 bits per heavy atom. The zero-order chi connectivity index (χ0) is 15.9. The molecule has 22 heavy (non-hydrogen) atoms. The van der Waals surface area contributed by atoms with Crippen molar-refractivity contribution in [3.05, 3.63) is 59.9 Å². The number of hydrogen-bond acceptors (Lipinski definition) is 3. The molecule has 1 amide bonds. The van der Waals surface area contributed by atoms with E-state index in [1.165, 1.54) is 5.56 Å². The van der Waals surface area contributed by atoms with Gasteiger partial charge in [0.15, 0.2) is 0 Å². The Balaban J connectivity index is 2.13. The highest BCUT2D eigenvalue weighted by Crippen LogP contribution is 2.19. The second-order valence-electron chi connectivity index (χ2n) is 5.18. The predicted molar refractivity (Wildman–Crippen MR) is 90.0 cm³/mol. The van der Waals surface area contributed by atoms with Crippen LogP contribution in [0.3, 0.4) is 0 Å². The maximum absolute atomic E-state index is 12.4. The lowest BCUT2D eigenvalue weighted by molar-refractivity contribution is 0.0767. The Morgan fingerprint density at radius 3 is 2.50 bits per heavy atom. The van der Waals surface area contributed by atoms with Crippen molar-refractivity contribution in [2.45, 2.75) is 26.8 Å². The first-order valence-corrected chi connectivity index (χ1v) is 7.72. The molecule has 0 aliphatic carbocycles. The van der Waals surface area contributed by atoms with Gasteiger partial charge in [0.05, 0.1) is 0 Å². The first-order chi connectivity index (χ1) is 10.7. The van der Waals surface area contributed by atoms with Gasteiger partial charge in [0.25, 0.3) is 5.91 Å². The van der Waals surface area contributed by atoms with E-state index in [-0.39, 0.29) is 11.9 Å². The van der Waals surface area contributed by atoms with Gasteiger partial charge in [0.2, 0.25) is 0 Å². The maximum Gasteiger partial charge on any atom is 0.272 e. The van der Waals surface area contributed by atoms with Gasteiger partial charge in [-0.1, -0.05) is 30.3 Å². The van der Waals surface area contributed by atoms with Crippen molar-refractivity contribution in [1.29, 1.82) is 0 Å². The van der Waals surface area contributed by atoms with Crippen LogP contribution in [0.4, 0.5) is 5.69 Å². The number of hydrogen-bond donors (Lipinski definition) is 1. The number of benzene rings is 1. The van der Waals surface area contributed by atoms with Gasteiger partial charge in [0.1, 0.15) is 5.69 Å². The van der Waals surface area contributed by atoms with Gasteiger partial charge in [0, 0.05) is 31.0 Å². The van der Waals surface area contributed by atoms with Gasteiger partial charge in [-0.05, 0) is 38.5 Å². The van der Waals surface area contributed by atoms with Gasteiger partial charge in [-0.2, -0.15) is 0 Å². The van der Waals surface area contributed by atoms with E-state index < -0.39 is 0 Å². The Morgan fingerprint density at radius 1 is 1.18 bits per heavy atom. The molecule has 2 rings (SSSR count). The summed E-state index contributed by atoms with van der Waals surface area (Å²) in [7, 11) is 0. The minimum Gasteiger partial charge on any atom is -0.378 e. The third-order valence-electron chi connectivity index (χ3n) is 3.71. The first kappa shape index (κ1) is 16.0. The lowest BCUT2D eigenvalue weighted by atomic mass is 10.1. The summed E-state index contributed by atoms with van der Waals surface area (Å²) >= 11 is 0. The standard InChI is InChI=1S/C18H23N3O/c1-4-21(5-2)18(22)17-13-16(11-12-19-17)20-14(3)15-9-7-6-8-10-15/h6-14H,4-5H2,1-3H3,(H,19,20). The van der Waals surface area contributed by atoms with E-state index in [0.29, 0.717) is 18.8 Å². The van der Waals surface area contributed by atoms with E-state index in [4.69, 9.17) is 0 Å². The molecule has 0 saturated carbocycles. The molecule has 1 N–H and O–H groups in total. The van der Waals surface area contributed by atoms with E-state index >= 15 is 0 Å². The molecule has 0 radical (unpaired) electrons. The van der Waals surface area contributed by atoms with Crippen LogP contribution in [0.5, 0.6) is 0 Å². The van der Waals surface area contributed by atoms with Gasteiger partial charge in [-0.25, -0.2) is 0 Å². The zero-order valence-electron chi connectivity index (χ0n) is 13.4. The summed E-state index contributed by atoms with van der Waals surface area (Å²) in [6.07, 6.45) is 1.68. The summed E-state index contributed by atoms with van der Waals surface area (Å²) in [5.41, 5.74) is 2.59. The molecular formula is C18H23N3O. The minimum atomic E-state index is -0.0268. The molecule has 0 saturated heterocycles. The largest absolute Gasteiger partial charge is 0.378 e. The topological polar surface area (TPSA) is 45.2 Å². The summed E-state index contributed by atoms with van der Waals surface area (Å²) < 4.78 is 0. The second kappa shape index (κ2) is 7.59. The monoisotopic (exact) mass is 297 g/mol. The van der Waals surface area contributed by atoms with Crippen LogP contribution in [-0.2, 0) is 0 Å². The summed E-state index contributed by atoms with van der Waals surface area (Å²) in [4.78, 5) is 18.3.